The number of urea groups is 1. The highest BCUT2D eigenvalue weighted by Gasteiger charge is 2.19. The van der Waals surface area contributed by atoms with Crippen molar-refractivity contribution in [1.29, 1.82) is 0 Å². The second-order valence-corrected chi connectivity index (χ2v) is 6.32. The standard InChI is InChI=1S/C17H28N2O3/c1-13-7-8-15(14(11-13)17(2,3)4)22-12-19-16(20)18-9-6-10-21-5/h7-8,11H,6,9-10,12H2,1-5H3,(H2,18,19,20). The summed E-state index contributed by atoms with van der Waals surface area (Å²) in [6, 6.07) is 5.85. The van der Waals surface area contributed by atoms with Crippen LogP contribution in [0.1, 0.15) is 38.3 Å². The van der Waals surface area contributed by atoms with Crippen LogP contribution in [-0.2, 0) is 10.2 Å². The van der Waals surface area contributed by atoms with E-state index in [1.165, 1.54) is 5.56 Å². The molecule has 0 aliphatic carbocycles. The molecule has 1 aromatic rings. The first-order chi connectivity index (χ1) is 10.3. The highest BCUT2D eigenvalue weighted by atomic mass is 16.5. The molecule has 0 unspecified atom stereocenters. The van der Waals surface area contributed by atoms with E-state index in [-0.39, 0.29) is 18.2 Å². The molecule has 0 aliphatic rings. The average Bonchev–Trinajstić information content (AvgIpc) is 2.44. The number of aryl methyl sites for hydroxylation is 1. The minimum atomic E-state index is -0.236. The van der Waals surface area contributed by atoms with E-state index in [2.05, 4.69) is 44.4 Å². The van der Waals surface area contributed by atoms with Gasteiger partial charge in [-0.25, -0.2) is 4.79 Å². The topological polar surface area (TPSA) is 59.6 Å². The van der Waals surface area contributed by atoms with Crippen molar-refractivity contribution in [2.24, 2.45) is 0 Å². The molecule has 0 fully saturated rings. The van der Waals surface area contributed by atoms with Gasteiger partial charge in [-0.2, -0.15) is 0 Å². The molecular formula is C17H28N2O3. The zero-order valence-electron chi connectivity index (χ0n) is 14.3. The van der Waals surface area contributed by atoms with Gasteiger partial charge in [-0.1, -0.05) is 38.5 Å². The maximum Gasteiger partial charge on any atom is 0.317 e. The second kappa shape index (κ2) is 8.63. The average molecular weight is 308 g/mol. The van der Waals surface area contributed by atoms with E-state index in [4.69, 9.17) is 9.47 Å². The third-order valence-corrected chi connectivity index (χ3v) is 3.21. The number of methoxy groups -OCH3 is 1. The van der Waals surface area contributed by atoms with Gasteiger partial charge in [-0.3, -0.25) is 0 Å². The Morgan fingerprint density at radius 1 is 1.23 bits per heavy atom. The number of hydrogen-bond acceptors (Lipinski definition) is 3. The molecule has 0 heterocycles. The van der Waals surface area contributed by atoms with Gasteiger partial charge in [-0.15, -0.1) is 0 Å². The van der Waals surface area contributed by atoms with Gasteiger partial charge in [0.15, 0.2) is 6.73 Å². The lowest BCUT2D eigenvalue weighted by molar-refractivity contribution is 0.192. The largest absolute Gasteiger partial charge is 0.473 e. The minimum Gasteiger partial charge on any atom is -0.473 e. The lowest BCUT2D eigenvalue weighted by Crippen LogP contribution is -2.38. The highest BCUT2D eigenvalue weighted by molar-refractivity contribution is 5.73. The van der Waals surface area contributed by atoms with Gasteiger partial charge in [-0.05, 0) is 30.4 Å². The number of carbonyl (C=O) groups excluding carboxylic acids is 1. The zero-order valence-corrected chi connectivity index (χ0v) is 14.3. The monoisotopic (exact) mass is 308 g/mol. The Bertz CT molecular complexity index is 481. The summed E-state index contributed by atoms with van der Waals surface area (Å²) in [7, 11) is 1.64. The molecule has 124 valence electrons. The summed E-state index contributed by atoms with van der Waals surface area (Å²) >= 11 is 0. The summed E-state index contributed by atoms with van der Waals surface area (Å²) < 4.78 is 10.6. The van der Waals surface area contributed by atoms with E-state index >= 15 is 0 Å². The van der Waals surface area contributed by atoms with Crippen LogP contribution in [0.15, 0.2) is 18.2 Å². The minimum absolute atomic E-state index is 0.0102. The van der Waals surface area contributed by atoms with Crippen molar-refractivity contribution >= 4 is 6.03 Å². The first kappa shape index (κ1) is 18.3. The van der Waals surface area contributed by atoms with Crippen molar-refractivity contribution in [1.82, 2.24) is 10.6 Å². The molecule has 0 bridgehead atoms. The molecule has 0 radical (unpaired) electrons. The number of amides is 2. The van der Waals surface area contributed by atoms with Crippen LogP contribution >= 0.6 is 0 Å². The van der Waals surface area contributed by atoms with E-state index < -0.39 is 0 Å². The van der Waals surface area contributed by atoms with Crippen LogP contribution in [0.4, 0.5) is 4.79 Å². The summed E-state index contributed by atoms with van der Waals surface area (Å²) in [4.78, 5) is 11.6. The second-order valence-electron chi connectivity index (χ2n) is 6.32. The van der Waals surface area contributed by atoms with Crippen LogP contribution in [0.2, 0.25) is 0 Å². The van der Waals surface area contributed by atoms with Gasteiger partial charge in [0.1, 0.15) is 5.75 Å². The molecule has 2 amide bonds. The Morgan fingerprint density at radius 3 is 2.59 bits per heavy atom. The maximum atomic E-state index is 11.6. The number of rotatable bonds is 7. The van der Waals surface area contributed by atoms with Crippen molar-refractivity contribution < 1.29 is 14.3 Å². The van der Waals surface area contributed by atoms with Gasteiger partial charge in [0, 0.05) is 20.3 Å². The predicted molar refractivity (Wildman–Crippen MR) is 88.4 cm³/mol. The Balaban J connectivity index is 2.47. The van der Waals surface area contributed by atoms with Crippen LogP contribution in [0.3, 0.4) is 0 Å². The van der Waals surface area contributed by atoms with E-state index in [1.807, 2.05) is 12.1 Å². The number of nitrogens with one attached hydrogen (secondary N) is 2. The molecule has 5 heteroatoms. The quantitative estimate of drug-likeness (QED) is 0.601. The zero-order chi connectivity index (χ0) is 16.6. The predicted octanol–water partition coefficient (Wildman–Crippen LogP) is 2.96. The van der Waals surface area contributed by atoms with Crippen molar-refractivity contribution in [3.05, 3.63) is 29.3 Å². The van der Waals surface area contributed by atoms with Gasteiger partial charge in [0.2, 0.25) is 0 Å². The fourth-order valence-corrected chi connectivity index (χ4v) is 2.02. The van der Waals surface area contributed by atoms with E-state index in [1.54, 1.807) is 7.11 Å². The summed E-state index contributed by atoms with van der Waals surface area (Å²) in [6.45, 7) is 9.85. The Hall–Kier alpha value is -1.75. The van der Waals surface area contributed by atoms with Crippen molar-refractivity contribution in [2.45, 2.75) is 39.5 Å². The number of hydrogen-bond donors (Lipinski definition) is 2. The van der Waals surface area contributed by atoms with Crippen LogP contribution in [0.5, 0.6) is 5.75 Å². The summed E-state index contributed by atoms with van der Waals surface area (Å²) in [6.07, 6.45) is 0.789. The molecule has 0 saturated carbocycles. The smallest absolute Gasteiger partial charge is 0.317 e. The van der Waals surface area contributed by atoms with E-state index in [0.29, 0.717) is 13.2 Å². The Labute approximate surface area is 133 Å². The summed E-state index contributed by atoms with van der Waals surface area (Å²) in [5, 5.41) is 5.44. The van der Waals surface area contributed by atoms with Gasteiger partial charge in [0.05, 0.1) is 0 Å². The first-order valence-corrected chi connectivity index (χ1v) is 7.59. The number of ether oxygens (including phenoxy) is 2. The molecule has 0 atom stereocenters. The fraction of sp³-hybridized carbons (Fsp3) is 0.588. The molecule has 1 aromatic carbocycles. The highest BCUT2D eigenvalue weighted by Crippen LogP contribution is 2.31. The van der Waals surface area contributed by atoms with Crippen molar-refractivity contribution in [2.75, 3.05) is 27.0 Å². The van der Waals surface area contributed by atoms with Gasteiger partial charge in [0.25, 0.3) is 0 Å². The van der Waals surface area contributed by atoms with E-state index in [9.17, 15) is 4.79 Å². The van der Waals surface area contributed by atoms with Crippen LogP contribution < -0.4 is 15.4 Å². The van der Waals surface area contributed by atoms with Crippen LogP contribution in [0, 0.1) is 6.92 Å². The number of benzene rings is 1. The molecule has 2 N–H and O–H groups in total. The Morgan fingerprint density at radius 2 is 1.95 bits per heavy atom. The van der Waals surface area contributed by atoms with E-state index in [0.717, 1.165) is 17.7 Å². The summed E-state index contributed by atoms with van der Waals surface area (Å²) in [5.74, 6) is 0.804. The Kier molecular flexibility index (Phi) is 7.18. The lowest BCUT2D eigenvalue weighted by atomic mass is 9.85. The molecule has 5 nitrogen and oxygen atoms in total. The van der Waals surface area contributed by atoms with Crippen molar-refractivity contribution in [3.63, 3.8) is 0 Å². The molecular weight excluding hydrogens is 280 g/mol. The molecule has 0 aliphatic heterocycles. The van der Waals surface area contributed by atoms with Crippen molar-refractivity contribution in [3.8, 4) is 5.75 Å². The third kappa shape index (κ3) is 6.35. The third-order valence-electron chi connectivity index (χ3n) is 3.21. The molecule has 0 spiro atoms. The molecule has 0 aromatic heterocycles. The fourth-order valence-electron chi connectivity index (χ4n) is 2.02. The number of carbonyl (C=O) groups is 1. The summed E-state index contributed by atoms with van der Waals surface area (Å²) in [5.41, 5.74) is 2.32. The van der Waals surface area contributed by atoms with Gasteiger partial charge >= 0.3 is 6.03 Å². The lowest BCUT2D eigenvalue weighted by Gasteiger charge is -2.23. The van der Waals surface area contributed by atoms with Crippen LogP contribution in [0.25, 0.3) is 0 Å². The molecule has 22 heavy (non-hydrogen) atoms. The normalized spacial score (nSPS) is 11.1. The maximum absolute atomic E-state index is 11.6. The molecule has 1 rings (SSSR count). The van der Waals surface area contributed by atoms with Gasteiger partial charge < -0.3 is 20.1 Å². The molecule has 0 saturated heterocycles. The SMILES string of the molecule is COCCCNC(=O)NCOc1ccc(C)cc1C(C)(C)C. The first-order valence-electron chi connectivity index (χ1n) is 7.59. The van der Waals surface area contributed by atoms with Crippen LogP contribution in [-0.4, -0.2) is 33.0 Å².